The molecule has 0 saturated carbocycles. The molecule has 0 spiro atoms. The minimum Gasteiger partial charge on any atom is -0.357 e. The molecule has 0 aliphatic heterocycles. The average molecular weight is 402 g/mol. The fourth-order valence-electron chi connectivity index (χ4n) is 0. The maximum Gasteiger partial charge on any atom is 3.00 e. The number of hydrogen-bond acceptors (Lipinski definition) is 9. The van der Waals surface area contributed by atoms with Gasteiger partial charge in [0.15, 0.2) is 0 Å². The van der Waals surface area contributed by atoms with E-state index in [0.717, 1.165) is 0 Å². The van der Waals surface area contributed by atoms with Gasteiger partial charge in [-0.1, -0.05) is 0 Å². The Bertz CT molecular complexity index is 43.4. The van der Waals surface area contributed by atoms with E-state index in [2.05, 4.69) is 0 Å². The summed E-state index contributed by atoms with van der Waals surface area (Å²) in [5.74, 6) is 0. The summed E-state index contributed by atoms with van der Waals surface area (Å²) in [7, 11) is -8.56. The van der Waals surface area contributed by atoms with Crippen LogP contribution in [-0.4, -0.2) is 0 Å². The summed E-state index contributed by atoms with van der Waals surface area (Å²) in [6, 6.07) is 0. The van der Waals surface area contributed by atoms with Crippen molar-refractivity contribution in [3.05, 3.63) is 0 Å². The second-order valence-electron chi connectivity index (χ2n) is 0.567. The van der Waals surface area contributed by atoms with Gasteiger partial charge in [0.25, 0.3) is 0 Å². The van der Waals surface area contributed by atoms with E-state index in [1.54, 1.807) is 0 Å². The van der Waals surface area contributed by atoms with Gasteiger partial charge >= 0.3 is 49.4 Å². The zero-order chi connectivity index (χ0) is 10.7. The molecule has 0 aromatic heterocycles. The second kappa shape index (κ2) is 19.6. The quantitative estimate of drug-likeness (QED) is 0.376. The van der Waals surface area contributed by atoms with Crippen molar-refractivity contribution in [3.8, 4) is 0 Å². The van der Waals surface area contributed by atoms with Gasteiger partial charge in [0.1, 0.15) is 0 Å². The number of hydrogen-bond donors (Lipinski definition) is 0. The van der Waals surface area contributed by atoms with Crippen LogP contribution in [0.1, 0.15) is 0 Å². The molecular formula is Cl3EuO9. The first-order valence-corrected chi connectivity index (χ1v) is 4.17. The zero-order valence-electron chi connectivity index (χ0n) is 5.19. The SMILES string of the molecule is [Eu+3].[O-][Cl+2]([O-])[O-].[O-][Cl+2]([O-])[O-].[O-][Cl+2]([O-])[O-]. The molecule has 0 atom stereocenters. The Morgan fingerprint density at radius 2 is 0.385 bits per heavy atom. The molecule has 0 bridgehead atoms. The molecule has 0 aromatic rings. The monoisotopic (exact) mass is 402 g/mol. The standard InChI is InChI=1S/3ClO3.Eu/c3*2-1(3)4;/q3*-1;+3. The normalized spacial score (nSPS) is 8.31. The molecule has 0 fully saturated rings. The van der Waals surface area contributed by atoms with E-state index in [0.29, 0.717) is 0 Å². The van der Waals surface area contributed by atoms with Crippen molar-refractivity contribution < 1.29 is 124 Å². The molecule has 0 aromatic carbocycles. The first kappa shape index (κ1) is 24.4. The van der Waals surface area contributed by atoms with Crippen molar-refractivity contribution >= 4 is 0 Å². The van der Waals surface area contributed by atoms with E-state index in [1.165, 1.54) is 0 Å². The van der Waals surface area contributed by atoms with Crippen LogP contribution < -0.4 is 41.9 Å². The van der Waals surface area contributed by atoms with Crippen LogP contribution in [0.25, 0.3) is 0 Å². The van der Waals surface area contributed by atoms with Crippen molar-refractivity contribution in [2.45, 2.75) is 0 Å². The van der Waals surface area contributed by atoms with E-state index in [-0.39, 0.29) is 49.4 Å². The Kier molecular flexibility index (Phi) is 36.8. The van der Waals surface area contributed by atoms with Crippen molar-refractivity contribution in [1.82, 2.24) is 0 Å². The van der Waals surface area contributed by atoms with E-state index in [1.807, 2.05) is 0 Å². The van der Waals surface area contributed by atoms with Crippen molar-refractivity contribution in [2.75, 3.05) is 0 Å². The van der Waals surface area contributed by atoms with Gasteiger partial charge in [-0.3, -0.25) is 0 Å². The third-order valence-corrected chi connectivity index (χ3v) is 0. The molecule has 0 rings (SSSR count). The van der Waals surface area contributed by atoms with Crippen LogP contribution in [0.15, 0.2) is 0 Å². The average Bonchev–Trinajstić information content (AvgIpc) is 1.54. The third-order valence-electron chi connectivity index (χ3n) is 0. The topological polar surface area (TPSA) is 208 Å². The predicted octanol–water partition coefficient (Wildman–Crippen LogP) is -10.7. The van der Waals surface area contributed by atoms with Gasteiger partial charge in [-0.25, -0.2) is 0 Å². The molecule has 0 aliphatic rings. The van der Waals surface area contributed by atoms with Gasteiger partial charge in [0.2, 0.25) is 0 Å². The van der Waals surface area contributed by atoms with Crippen LogP contribution in [0.3, 0.4) is 0 Å². The van der Waals surface area contributed by atoms with Gasteiger partial charge in [-0.2, -0.15) is 0 Å². The fourth-order valence-corrected chi connectivity index (χ4v) is 0. The van der Waals surface area contributed by atoms with Gasteiger partial charge in [0.05, 0.1) is 32.4 Å². The van der Waals surface area contributed by atoms with Gasteiger partial charge < -0.3 is 41.9 Å². The van der Waals surface area contributed by atoms with E-state index >= 15 is 0 Å². The molecule has 0 heterocycles. The van der Waals surface area contributed by atoms with Gasteiger partial charge in [-0.15, -0.1) is 0 Å². The molecule has 0 radical (unpaired) electrons. The van der Waals surface area contributed by atoms with Crippen LogP contribution >= 0.6 is 0 Å². The van der Waals surface area contributed by atoms with Crippen LogP contribution in [0.4, 0.5) is 0 Å². The Hall–Kier alpha value is 2.09. The molecule has 13 heteroatoms. The van der Waals surface area contributed by atoms with Crippen LogP contribution in [-0.2, 0) is 0 Å². The molecule has 13 heavy (non-hydrogen) atoms. The summed E-state index contributed by atoms with van der Waals surface area (Å²) in [6.07, 6.45) is 0. The van der Waals surface area contributed by atoms with Crippen molar-refractivity contribution in [2.24, 2.45) is 0 Å². The second-order valence-corrected chi connectivity index (χ2v) is 1.70. The molecule has 0 unspecified atom stereocenters. The van der Waals surface area contributed by atoms with Crippen molar-refractivity contribution in [1.29, 1.82) is 0 Å². The summed E-state index contributed by atoms with van der Waals surface area (Å²) >= 11 is 0. The van der Waals surface area contributed by atoms with Crippen molar-refractivity contribution in [3.63, 3.8) is 0 Å². The molecule has 0 aliphatic carbocycles. The van der Waals surface area contributed by atoms with Gasteiger partial charge in [0, 0.05) is 0 Å². The maximum atomic E-state index is 8.41. The largest absolute Gasteiger partial charge is 3.00 e. The van der Waals surface area contributed by atoms with Crippen LogP contribution in [0.2, 0.25) is 0 Å². The first-order chi connectivity index (χ1) is 5.20. The molecule has 9 nitrogen and oxygen atoms in total. The predicted molar refractivity (Wildman–Crippen MR) is 0 cm³/mol. The molecule has 0 N–H and O–H groups in total. The van der Waals surface area contributed by atoms with Crippen LogP contribution in [0, 0.1) is 81.7 Å². The smallest absolute Gasteiger partial charge is 0.357 e. The van der Waals surface area contributed by atoms with E-state index < -0.39 is 32.4 Å². The first-order valence-electron chi connectivity index (χ1n) is 1.39. The summed E-state index contributed by atoms with van der Waals surface area (Å²) in [5, 5.41) is 0. The van der Waals surface area contributed by atoms with E-state index in [4.69, 9.17) is 41.9 Å². The molecule has 0 amide bonds. The number of halogens is 3. The van der Waals surface area contributed by atoms with Gasteiger partial charge in [-0.05, 0) is 0 Å². The number of rotatable bonds is 0. The summed E-state index contributed by atoms with van der Waals surface area (Å²) in [6.45, 7) is 0. The Balaban J connectivity index is -0.0000000450. The Morgan fingerprint density at radius 3 is 0.385 bits per heavy atom. The minimum atomic E-state index is -2.85. The summed E-state index contributed by atoms with van der Waals surface area (Å²) < 4.78 is 75.7. The summed E-state index contributed by atoms with van der Waals surface area (Å²) in [4.78, 5) is 0. The minimum absolute atomic E-state index is 0. The molecule has 0 saturated heterocycles. The van der Waals surface area contributed by atoms with E-state index in [9.17, 15) is 0 Å². The third kappa shape index (κ3) is 470. The molecule has 82 valence electrons. The summed E-state index contributed by atoms with van der Waals surface area (Å²) in [5.41, 5.74) is 0. The molecular weight excluding hydrogens is 402 g/mol. The Labute approximate surface area is 122 Å². The van der Waals surface area contributed by atoms with Crippen LogP contribution in [0.5, 0.6) is 0 Å². The fraction of sp³-hybridized carbons (Fsp3) is 0. The maximum absolute atomic E-state index is 8.41. The Morgan fingerprint density at radius 1 is 0.385 bits per heavy atom. The zero-order valence-corrected chi connectivity index (χ0v) is 9.88.